The predicted octanol–water partition coefficient (Wildman–Crippen LogP) is -3.61. The number of hydrogen-bond acceptors (Lipinski definition) is 10. The zero-order chi connectivity index (χ0) is 26.4. The molecular weight excluding hydrogens is 474 g/mol. The topological polar surface area (TPSA) is 177 Å². The third-order valence-corrected chi connectivity index (χ3v) is 6.80. The fourth-order valence-electron chi connectivity index (χ4n) is 4.65. The number of fused-ring (bicyclic) bond motifs is 15. The first-order chi connectivity index (χ1) is 17.9. The number of aliphatic carboxylic acids is 1. The Morgan fingerprint density at radius 1 is 0.811 bits per heavy atom. The van der Waals surface area contributed by atoms with Gasteiger partial charge in [0.25, 0.3) is 0 Å². The second-order valence-corrected chi connectivity index (χ2v) is 10.2. The van der Waals surface area contributed by atoms with E-state index in [9.17, 15) is 14.7 Å². The largest absolute Gasteiger partial charge is 0.480 e. The highest BCUT2D eigenvalue weighted by Gasteiger charge is 2.31. The van der Waals surface area contributed by atoms with Gasteiger partial charge in [-0.2, -0.15) is 0 Å². The van der Waals surface area contributed by atoms with Gasteiger partial charge in [0.1, 0.15) is 6.04 Å². The molecule has 2 bridgehead atoms. The van der Waals surface area contributed by atoms with Gasteiger partial charge < -0.3 is 48.1 Å². The Morgan fingerprint density at radius 3 is 1.73 bits per heavy atom. The summed E-state index contributed by atoms with van der Waals surface area (Å²) in [6, 6.07) is 8.32. The minimum absolute atomic E-state index is 0.00799. The number of hydrogen-bond donors (Lipinski definition) is 10. The quantitative estimate of drug-likeness (QED) is 0.172. The summed E-state index contributed by atoms with van der Waals surface area (Å²) in [5.74, 6) is -1.40. The lowest BCUT2D eigenvalue weighted by Gasteiger charge is -2.37. The number of carbonyl (C=O) groups excluding carboxylic acids is 1. The van der Waals surface area contributed by atoms with Gasteiger partial charge in [-0.05, 0) is 5.56 Å². The van der Waals surface area contributed by atoms with E-state index in [2.05, 4.69) is 42.5 Å². The molecule has 12 nitrogen and oxygen atoms in total. The first-order valence-electron chi connectivity index (χ1n) is 13.2. The van der Waals surface area contributed by atoms with Crippen LogP contribution in [0.4, 0.5) is 0 Å². The van der Waals surface area contributed by atoms with Gasteiger partial charge in [0.2, 0.25) is 5.91 Å². The fraction of sp³-hybridized carbons (Fsp3) is 0.680. The molecule has 12 heteroatoms. The first kappa shape index (κ1) is 29.4. The summed E-state index contributed by atoms with van der Waals surface area (Å²) in [7, 11) is 0. The third-order valence-electron chi connectivity index (χ3n) is 6.80. The molecule has 11 N–H and O–H groups in total. The normalized spacial score (nSPS) is 27.5. The number of carbonyl (C=O) groups is 2. The molecule has 3 saturated heterocycles. The number of nitrogens with two attached hydrogens (primary N) is 1. The van der Waals surface area contributed by atoms with Gasteiger partial charge in [-0.3, -0.25) is 10.1 Å². The van der Waals surface area contributed by atoms with Crippen LogP contribution < -0.4 is 48.3 Å². The average molecular weight is 520 g/mol. The van der Waals surface area contributed by atoms with Gasteiger partial charge in [0.15, 0.2) is 0 Å². The van der Waals surface area contributed by atoms with Crippen molar-refractivity contribution in [2.75, 3.05) is 85.1 Å². The summed E-state index contributed by atoms with van der Waals surface area (Å²) in [6.45, 7) is 8.58. The van der Waals surface area contributed by atoms with Gasteiger partial charge in [0, 0.05) is 85.0 Å². The van der Waals surface area contributed by atoms with Crippen molar-refractivity contribution >= 4 is 11.9 Å². The monoisotopic (exact) mass is 519 g/mol. The van der Waals surface area contributed by atoms with E-state index in [0.717, 1.165) is 44.8 Å². The van der Waals surface area contributed by atoms with Crippen LogP contribution in [0.5, 0.6) is 0 Å². The number of nitrogens with one attached hydrogen (secondary N) is 8. The van der Waals surface area contributed by atoms with Crippen LogP contribution in [-0.2, 0) is 16.0 Å². The summed E-state index contributed by atoms with van der Waals surface area (Å²) in [6.07, 6.45) is 0.231. The lowest BCUT2D eigenvalue weighted by Crippen LogP contribution is -2.67. The van der Waals surface area contributed by atoms with Crippen molar-refractivity contribution in [1.82, 2.24) is 42.5 Å². The molecule has 3 fully saturated rings. The van der Waals surface area contributed by atoms with E-state index in [4.69, 9.17) is 5.73 Å². The Bertz CT molecular complexity index is 783. The zero-order valence-electron chi connectivity index (χ0n) is 21.7. The lowest BCUT2D eigenvalue weighted by molar-refractivity contribution is -0.141. The van der Waals surface area contributed by atoms with E-state index in [1.54, 1.807) is 0 Å². The second-order valence-electron chi connectivity index (χ2n) is 10.2. The molecule has 0 unspecified atom stereocenters. The molecule has 37 heavy (non-hydrogen) atoms. The van der Waals surface area contributed by atoms with E-state index in [1.165, 1.54) is 0 Å². The Hall–Kier alpha value is -2.16. The van der Waals surface area contributed by atoms with Crippen LogP contribution in [0, 0.1) is 0 Å². The van der Waals surface area contributed by atoms with E-state index < -0.39 is 17.6 Å². The van der Waals surface area contributed by atoms with Crippen LogP contribution in [0.3, 0.4) is 0 Å². The highest BCUT2D eigenvalue weighted by molar-refractivity contribution is 5.84. The highest BCUT2D eigenvalue weighted by Crippen LogP contribution is 2.05. The minimum Gasteiger partial charge on any atom is -0.480 e. The van der Waals surface area contributed by atoms with Crippen molar-refractivity contribution in [2.45, 2.75) is 23.5 Å². The summed E-state index contributed by atoms with van der Waals surface area (Å²) < 4.78 is 0. The lowest BCUT2D eigenvalue weighted by atomic mass is 9.97. The SMILES string of the molecule is NC12CNCCNCC(NCC(=O)N[C@@H](Cc3ccccc3)C(=O)O)(CNCCNC1)CNCCNC2. The summed E-state index contributed by atoms with van der Waals surface area (Å²) >= 11 is 0. The first-order valence-corrected chi connectivity index (χ1v) is 13.2. The molecule has 1 atom stereocenters. The maximum atomic E-state index is 12.9. The van der Waals surface area contributed by atoms with Gasteiger partial charge >= 0.3 is 5.97 Å². The smallest absolute Gasteiger partial charge is 0.326 e. The Balaban J connectivity index is 1.64. The standard InChI is InChI=1S/C25H45N9O3/c26-24-14-27-6-9-30-17-25(18-31-10-7-28-15-24,19-32-11-8-29-16-24)33-13-22(35)34-21(23(36)37)12-20-4-2-1-3-5-20/h1-5,21,27-33H,6-19,26H2,(H,34,35)(H,36,37)/t21-,24?,25?/m0/s1. The van der Waals surface area contributed by atoms with Crippen LogP contribution in [-0.4, -0.2) is 119 Å². The van der Waals surface area contributed by atoms with Crippen LogP contribution in [0.2, 0.25) is 0 Å². The fourth-order valence-corrected chi connectivity index (χ4v) is 4.65. The number of carboxylic acid groups (broad SMARTS) is 1. The highest BCUT2D eigenvalue weighted by atomic mass is 16.4. The van der Waals surface area contributed by atoms with E-state index >= 15 is 0 Å². The number of carboxylic acids is 1. The Kier molecular flexibility index (Phi) is 12.2. The number of benzene rings is 1. The zero-order valence-corrected chi connectivity index (χ0v) is 21.7. The molecule has 3 heterocycles. The van der Waals surface area contributed by atoms with Crippen LogP contribution >= 0.6 is 0 Å². The van der Waals surface area contributed by atoms with Gasteiger partial charge in [-0.1, -0.05) is 30.3 Å². The van der Waals surface area contributed by atoms with Crippen LogP contribution in [0.1, 0.15) is 5.56 Å². The molecule has 0 aliphatic carbocycles. The van der Waals surface area contributed by atoms with Crippen LogP contribution in [0.25, 0.3) is 0 Å². The minimum atomic E-state index is -1.05. The summed E-state index contributed by atoms with van der Waals surface area (Å²) in [5.41, 5.74) is 6.68. The molecule has 1 aromatic rings. The van der Waals surface area contributed by atoms with Gasteiger partial charge in [-0.15, -0.1) is 0 Å². The molecule has 0 saturated carbocycles. The van der Waals surface area contributed by atoms with Crippen molar-refractivity contribution in [2.24, 2.45) is 5.73 Å². The molecule has 4 rings (SSSR count). The van der Waals surface area contributed by atoms with Crippen molar-refractivity contribution in [3.8, 4) is 0 Å². The molecule has 208 valence electrons. The molecule has 0 aromatic heterocycles. The predicted molar refractivity (Wildman–Crippen MR) is 145 cm³/mol. The second kappa shape index (κ2) is 15.3. The summed E-state index contributed by atoms with van der Waals surface area (Å²) in [5, 5.41) is 36.7. The molecule has 0 spiro atoms. The Morgan fingerprint density at radius 2 is 1.27 bits per heavy atom. The molecular formula is C25H45N9O3. The molecule has 0 radical (unpaired) electrons. The third kappa shape index (κ3) is 10.6. The average Bonchev–Trinajstić information content (AvgIpc) is 2.88. The van der Waals surface area contributed by atoms with Crippen molar-refractivity contribution in [3.63, 3.8) is 0 Å². The van der Waals surface area contributed by atoms with Gasteiger partial charge in [0.05, 0.1) is 17.6 Å². The molecule has 3 aliphatic rings. The maximum Gasteiger partial charge on any atom is 0.326 e. The van der Waals surface area contributed by atoms with Crippen LogP contribution in [0.15, 0.2) is 30.3 Å². The number of amides is 1. The molecule has 1 amide bonds. The molecule has 3 aliphatic heterocycles. The number of rotatable bonds is 7. The van der Waals surface area contributed by atoms with Crippen molar-refractivity contribution < 1.29 is 14.7 Å². The van der Waals surface area contributed by atoms with Gasteiger partial charge in [-0.25, -0.2) is 4.79 Å². The summed E-state index contributed by atoms with van der Waals surface area (Å²) in [4.78, 5) is 24.7. The van der Waals surface area contributed by atoms with E-state index in [-0.39, 0.29) is 24.4 Å². The van der Waals surface area contributed by atoms with E-state index in [0.29, 0.717) is 39.3 Å². The van der Waals surface area contributed by atoms with Crippen molar-refractivity contribution in [3.05, 3.63) is 35.9 Å². The molecule has 1 aromatic carbocycles. The maximum absolute atomic E-state index is 12.9. The van der Waals surface area contributed by atoms with E-state index in [1.807, 2.05) is 30.3 Å². The van der Waals surface area contributed by atoms with Crippen molar-refractivity contribution in [1.29, 1.82) is 0 Å². The Labute approximate surface area is 219 Å².